The van der Waals surface area contributed by atoms with Crippen molar-refractivity contribution >= 4 is 11.9 Å². The zero-order valence-corrected chi connectivity index (χ0v) is 17.2. The minimum absolute atomic E-state index is 0.993. The van der Waals surface area contributed by atoms with Crippen LogP contribution in [-0.4, -0.2) is 6.26 Å². The van der Waals surface area contributed by atoms with Crippen LogP contribution in [0.15, 0.2) is 72.5 Å². The second-order valence-electron chi connectivity index (χ2n) is 5.87. The van der Waals surface area contributed by atoms with Crippen molar-refractivity contribution in [3.63, 3.8) is 0 Å². The summed E-state index contributed by atoms with van der Waals surface area (Å²) in [7, 11) is 0. The molecule has 0 saturated carbocycles. The molecule has 0 aliphatic heterocycles. The van der Waals surface area contributed by atoms with Crippen molar-refractivity contribution < 1.29 is 0 Å². The lowest BCUT2D eigenvalue weighted by Gasteiger charge is -1.98. The monoisotopic (exact) mass is 359 g/mol. The van der Waals surface area contributed by atoms with E-state index in [1.165, 1.54) is 25.0 Å². The molecule has 2 heteroatoms. The molecule has 0 unspecified atom stereocenters. The van der Waals surface area contributed by atoms with Crippen LogP contribution in [-0.2, 0) is 0 Å². The van der Waals surface area contributed by atoms with E-state index in [2.05, 4.69) is 85.4 Å². The number of unbranched alkanes of at least 4 members (excludes halogenated alkanes) is 2. The Kier molecular flexibility index (Phi) is 19.5. The van der Waals surface area contributed by atoms with E-state index >= 15 is 0 Å². The molecule has 25 heavy (non-hydrogen) atoms. The van der Waals surface area contributed by atoms with Gasteiger partial charge >= 0.3 is 0 Å². The highest BCUT2D eigenvalue weighted by Gasteiger charge is 1.82. The van der Waals surface area contributed by atoms with Crippen molar-refractivity contribution in [2.24, 2.45) is 0 Å². The average Bonchev–Trinajstić information content (AvgIpc) is 2.61. The van der Waals surface area contributed by atoms with Gasteiger partial charge in [-0.1, -0.05) is 98.5 Å². The molecule has 0 spiro atoms. The summed E-state index contributed by atoms with van der Waals surface area (Å²) in [5, 5.41) is 0. The van der Waals surface area contributed by atoms with E-state index in [-0.39, 0.29) is 0 Å². The van der Waals surface area contributed by atoms with Crippen LogP contribution in [0.4, 0.5) is 0 Å². The van der Waals surface area contributed by atoms with Crippen LogP contribution in [0.1, 0.15) is 65.2 Å². The Morgan fingerprint density at radius 2 is 1.16 bits per heavy atom. The van der Waals surface area contributed by atoms with Crippen LogP contribution in [0.25, 0.3) is 0 Å². The fourth-order valence-corrected chi connectivity index (χ4v) is 2.47. The van der Waals surface area contributed by atoms with E-state index in [0.29, 0.717) is 0 Å². The Hall–Kier alpha value is -1.41. The standard InChI is InChI=1S/C23H37NS/c1-4-5-6-7-8-9-10-11-12-13-14-15-16-17-18-19-20-21-22-23(2)24-25-3/h7-8,10-11,13-14,16-17,19-20,22,24H,4-6,9,12,15,18,21H2,1-3H3/b8-7?,11-10?,14-13?,17-16?,20-19?,23-22+. The van der Waals surface area contributed by atoms with Gasteiger partial charge in [-0.25, -0.2) is 0 Å². The number of hydrogen-bond donors (Lipinski definition) is 1. The van der Waals surface area contributed by atoms with Gasteiger partial charge in [0, 0.05) is 12.0 Å². The van der Waals surface area contributed by atoms with Crippen LogP contribution in [0.2, 0.25) is 0 Å². The molecule has 0 amide bonds. The fourth-order valence-electron chi connectivity index (χ4n) is 2.07. The minimum Gasteiger partial charge on any atom is -0.334 e. The van der Waals surface area contributed by atoms with E-state index in [4.69, 9.17) is 0 Å². The first-order chi connectivity index (χ1) is 12.3. The van der Waals surface area contributed by atoms with Crippen molar-refractivity contribution in [2.75, 3.05) is 6.26 Å². The van der Waals surface area contributed by atoms with E-state index in [1.807, 2.05) is 6.26 Å². The molecule has 140 valence electrons. The summed E-state index contributed by atoms with van der Waals surface area (Å²) in [6.45, 7) is 4.33. The third-order valence-corrected chi connectivity index (χ3v) is 4.00. The topological polar surface area (TPSA) is 12.0 Å². The lowest BCUT2D eigenvalue weighted by Crippen LogP contribution is -1.96. The molecule has 0 aromatic heterocycles. The highest BCUT2D eigenvalue weighted by atomic mass is 32.2. The predicted octanol–water partition coefficient (Wildman–Crippen LogP) is 7.68. The smallest absolute Gasteiger partial charge is 0.0143 e. The summed E-state index contributed by atoms with van der Waals surface area (Å²) in [4.78, 5) is 0. The Morgan fingerprint density at radius 1 is 0.720 bits per heavy atom. The van der Waals surface area contributed by atoms with Crippen LogP contribution >= 0.6 is 11.9 Å². The molecule has 1 N–H and O–H groups in total. The van der Waals surface area contributed by atoms with Crippen LogP contribution < -0.4 is 4.72 Å². The van der Waals surface area contributed by atoms with Gasteiger partial charge in [0.15, 0.2) is 0 Å². The van der Waals surface area contributed by atoms with Crippen LogP contribution in [0.3, 0.4) is 0 Å². The first kappa shape index (κ1) is 23.6. The highest BCUT2D eigenvalue weighted by Crippen LogP contribution is 1.99. The van der Waals surface area contributed by atoms with Gasteiger partial charge in [0.1, 0.15) is 0 Å². The molecule has 0 bridgehead atoms. The molecule has 0 aromatic rings. The van der Waals surface area contributed by atoms with Crippen molar-refractivity contribution in [2.45, 2.75) is 65.2 Å². The molecule has 0 rings (SSSR count). The summed E-state index contributed by atoms with van der Waals surface area (Å²) < 4.78 is 3.22. The zero-order chi connectivity index (χ0) is 18.4. The Labute approximate surface area is 160 Å². The summed E-state index contributed by atoms with van der Waals surface area (Å²) >= 11 is 1.63. The first-order valence-electron chi connectivity index (χ1n) is 9.52. The van der Waals surface area contributed by atoms with E-state index in [9.17, 15) is 0 Å². The van der Waals surface area contributed by atoms with Gasteiger partial charge in [-0.15, -0.1) is 0 Å². The molecule has 0 atom stereocenters. The van der Waals surface area contributed by atoms with E-state index < -0.39 is 0 Å². The third kappa shape index (κ3) is 20.5. The predicted molar refractivity (Wildman–Crippen MR) is 119 cm³/mol. The average molecular weight is 360 g/mol. The molecule has 0 aliphatic rings. The minimum atomic E-state index is 0.993. The van der Waals surface area contributed by atoms with E-state index in [1.54, 1.807) is 11.9 Å². The molecular weight excluding hydrogens is 322 g/mol. The second-order valence-corrected chi connectivity index (χ2v) is 6.48. The maximum Gasteiger partial charge on any atom is 0.0143 e. The van der Waals surface area contributed by atoms with Gasteiger partial charge < -0.3 is 4.72 Å². The molecule has 0 radical (unpaired) electrons. The SMILES string of the molecule is CCCCC=CCC=CCC=CCC=CCC=CC/C=C(\C)NSC. The van der Waals surface area contributed by atoms with Gasteiger partial charge in [-0.3, -0.25) is 0 Å². The second kappa shape index (κ2) is 20.6. The van der Waals surface area contributed by atoms with Gasteiger partial charge in [-0.2, -0.15) is 0 Å². The first-order valence-corrected chi connectivity index (χ1v) is 10.7. The summed E-state index contributed by atoms with van der Waals surface area (Å²) in [5.74, 6) is 0. The zero-order valence-electron chi connectivity index (χ0n) is 16.4. The van der Waals surface area contributed by atoms with Gasteiger partial charge in [0.05, 0.1) is 0 Å². The highest BCUT2D eigenvalue weighted by molar-refractivity contribution is 7.96. The summed E-state index contributed by atoms with van der Waals surface area (Å²) in [6, 6.07) is 0. The third-order valence-electron chi connectivity index (χ3n) is 3.47. The number of nitrogens with one attached hydrogen (secondary N) is 1. The molecule has 0 aromatic carbocycles. The maximum absolute atomic E-state index is 3.22. The Balaban J connectivity index is 3.56. The molecule has 0 fully saturated rings. The number of allylic oxidation sites excluding steroid dienone is 12. The summed E-state index contributed by atoms with van der Waals surface area (Å²) in [5.41, 5.74) is 1.22. The lowest BCUT2D eigenvalue weighted by atomic mass is 10.2. The van der Waals surface area contributed by atoms with Gasteiger partial charge in [-0.05, 0) is 45.4 Å². The van der Waals surface area contributed by atoms with Crippen molar-refractivity contribution in [3.05, 3.63) is 72.5 Å². The largest absolute Gasteiger partial charge is 0.334 e. The van der Waals surface area contributed by atoms with Crippen molar-refractivity contribution in [3.8, 4) is 0 Å². The maximum atomic E-state index is 3.22. The number of rotatable bonds is 15. The summed E-state index contributed by atoms with van der Waals surface area (Å²) in [6.07, 6.45) is 35.6. The Bertz CT molecular complexity index is 453. The molecule has 0 saturated heterocycles. The molecular formula is C23H37NS. The molecule has 1 nitrogen and oxygen atoms in total. The number of hydrogen-bond acceptors (Lipinski definition) is 2. The lowest BCUT2D eigenvalue weighted by molar-refractivity contribution is 0.813. The van der Waals surface area contributed by atoms with Gasteiger partial charge in [0.25, 0.3) is 0 Å². The molecule has 0 heterocycles. The van der Waals surface area contributed by atoms with Gasteiger partial charge in [0.2, 0.25) is 0 Å². The van der Waals surface area contributed by atoms with Crippen LogP contribution in [0, 0.1) is 0 Å². The molecule has 0 aliphatic carbocycles. The van der Waals surface area contributed by atoms with E-state index in [0.717, 1.165) is 32.1 Å². The Morgan fingerprint density at radius 3 is 1.60 bits per heavy atom. The van der Waals surface area contributed by atoms with Crippen molar-refractivity contribution in [1.82, 2.24) is 4.72 Å². The van der Waals surface area contributed by atoms with Crippen LogP contribution in [0.5, 0.6) is 0 Å². The quantitative estimate of drug-likeness (QED) is 0.183. The normalized spacial score (nSPS) is 13.5. The van der Waals surface area contributed by atoms with Crippen molar-refractivity contribution in [1.29, 1.82) is 0 Å². The fraction of sp³-hybridized carbons (Fsp3) is 0.478.